The lowest BCUT2D eigenvalue weighted by Gasteiger charge is -2.25. The van der Waals surface area contributed by atoms with Gasteiger partial charge in [0.2, 0.25) is 0 Å². The minimum Gasteiger partial charge on any atom is -0.497 e. The molecule has 0 radical (unpaired) electrons. The molecule has 1 amide bonds. The molecule has 0 unspecified atom stereocenters. The number of hydrogen-bond donors (Lipinski definition) is 1. The number of carbonyl (C=O) groups excluding carboxylic acids is 1. The fourth-order valence-corrected chi connectivity index (χ4v) is 3.58. The summed E-state index contributed by atoms with van der Waals surface area (Å²) >= 11 is 0. The number of nitrogens with one attached hydrogen (secondary N) is 1. The second-order valence-electron chi connectivity index (χ2n) is 7.99. The van der Waals surface area contributed by atoms with E-state index in [0.29, 0.717) is 18.1 Å². The van der Waals surface area contributed by atoms with Gasteiger partial charge in [-0.05, 0) is 59.4 Å². The van der Waals surface area contributed by atoms with Crippen molar-refractivity contribution in [1.29, 1.82) is 0 Å². The lowest BCUT2D eigenvalue weighted by molar-refractivity contribution is -0.129. The molecule has 158 valence electrons. The Hall–Kier alpha value is -3.01. The average Bonchev–Trinajstić information content (AvgIpc) is 2.76. The van der Waals surface area contributed by atoms with Crippen LogP contribution in [0.3, 0.4) is 0 Å². The monoisotopic (exact) mass is 405 g/mol. The van der Waals surface area contributed by atoms with E-state index in [-0.39, 0.29) is 11.9 Å². The van der Waals surface area contributed by atoms with Crippen LogP contribution in [0.4, 0.5) is 0 Å². The third-order valence-electron chi connectivity index (χ3n) is 5.20. The summed E-state index contributed by atoms with van der Waals surface area (Å²) in [5.74, 6) is 1.87. The zero-order valence-electron chi connectivity index (χ0n) is 18.2. The Bertz CT molecular complexity index is 965. The highest BCUT2D eigenvalue weighted by Gasteiger charge is 2.23. The van der Waals surface area contributed by atoms with Gasteiger partial charge in [-0.2, -0.15) is 0 Å². The highest BCUT2D eigenvalue weighted by Crippen LogP contribution is 2.25. The van der Waals surface area contributed by atoms with E-state index >= 15 is 0 Å². The van der Waals surface area contributed by atoms with Crippen LogP contribution in [0.2, 0.25) is 0 Å². The van der Waals surface area contributed by atoms with Crippen LogP contribution in [-0.4, -0.2) is 19.1 Å². The van der Waals surface area contributed by atoms with Crippen molar-refractivity contribution >= 4 is 16.7 Å². The van der Waals surface area contributed by atoms with Gasteiger partial charge in [-0.1, -0.05) is 63.2 Å². The van der Waals surface area contributed by atoms with Crippen molar-refractivity contribution in [3.63, 3.8) is 0 Å². The predicted molar refractivity (Wildman–Crippen MR) is 122 cm³/mol. The third-order valence-corrected chi connectivity index (χ3v) is 5.20. The number of amides is 1. The van der Waals surface area contributed by atoms with Crippen LogP contribution in [-0.2, 0) is 4.79 Å². The highest BCUT2D eigenvalue weighted by atomic mass is 16.5. The Morgan fingerprint density at radius 3 is 2.23 bits per heavy atom. The van der Waals surface area contributed by atoms with E-state index in [0.717, 1.165) is 28.5 Å². The zero-order valence-corrected chi connectivity index (χ0v) is 18.2. The molecule has 30 heavy (non-hydrogen) atoms. The summed E-state index contributed by atoms with van der Waals surface area (Å²) in [5, 5.41) is 5.46. The first-order valence-corrected chi connectivity index (χ1v) is 10.6. The average molecular weight is 406 g/mol. The molecule has 1 N–H and O–H groups in total. The summed E-state index contributed by atoms with van der Waals surface area (Å²) in [6, 6.07) is 21.9. The topological polar surface area (TPSA) is 47.6 Å². The van der Waals surface area contributed by atoms with Crippen LogP contribution in [0.15, 0.2) is 66.7 Å². The molecule has 0 bridgehead atoms. The number of fused-ring (bicyclic) bond motifs is 1. The van der Waals surface area contributed by atoms with Gasteiger partial charge in [0.15, 0.2) is 6.10 Å². The summed E-state index contributed by atoms with van der Waals surface area (Å²) < 4.78 is 11.3. The van der Waals surface area contributed by atoms with Gasteiger partial charge in [0.1, 0.15) is 11.5 Å². The third kappa shape index (κ3) is 5.53. The molecule has 0 aromatic heterocycles. The molecule has 0 aliphatic rings. The van der Waals surface area contributed by atoms with Crippen molar-refractivity contribution in [2.45, 2.75) is 45.8 Å². The van der Waals surface area contributed by atoms with Crippen LogP contribution in [0.25, 0.3) is 10.8 Å². The van der Waals surface area contributed by atoms with Crippen molar-refractivity contribution in [2.75, 3.05) is 7.11 Å². The number of benzene rings is 3. The molecular formula is C26H31NO3. The van der Waals surface area contributed by atoms with E-state index in [1.807, 2.05) is 67.6 Å². The predicted octanol–water partition coefficient (Wildman–Crippen LogP) is 5.91. The van der Waals surface area contributed by atoms with Crippen LogP contribution < -0.4 is 14.8 Å². The van der Waals surface area contributed by atoms with Gasteiger partial charge in [-0.3, -0.25) is 4.79 Å². The molecular weight excluding hydrogens is 374 g/mol. The van der Waals surface area contributed by atoms with Crippen molar-refractivity contribution in [2.24, 2.45) is 5.92 Å². The van der Waals surface area contributed by atoms with Crippen molar-refractivity contribution in [3.8, 4) is 11.5 Å². The standard InChI is InChI=1S/C26H31NO3/c1-5-25(30-23-15-10-19-8-6-7-9-21(19)17-23)26(28)27-24(16-18(2)3)20-11-13-22(29-4)14-12-20/h6-15,17-18,24-25H,5,16H2,1-4H3,(H,27,28)/t24-,25-/m1/s1. The van der Waals surface area contributed by atoms with Gasteiger partial charge in [0.05, 0.1) is 13.2 Å². The van der Waals surface area contributed by atoms with Gasteiger partial charge < -0.3 is 14.8 Å². The summed E-state index contributed by atoms with van der Waals surface area (Å²) in [6.07, 6.45) is 0.902. The van der Waals surface area contributed by atoms with Gasteiger partial charge in [-0.15, -0.1) is 0 Å². The largest absolute Gasteiger partial charge is 0.497 e. The summed E-state index contributed by atoms with van der Waals surface area (Å²) in [4.78, 5) is 13.1. The van der Waals surface area contributed by atoms with Crippen molar-refractivity contribution in [3.05, 3.63) is 72.3 Å². The summed E-state index contributed by atoms with van der Waals surface area (Å²) in [6.45, 7) is 6.28. The Kier molecular flexibility index (Phi) is 7.34. The zero-order chi connectivity index (χ0) is 21.5. The second kappa shape index (κ2) is 10.1. The number of methoxy groups -OCH3 is 1. The minimum atomic E-state index is -0.543. The Balaban J connectivity index is 1.74. The van der Waals surface area contributed by atoms with Crippen LogP contribution in [0.1, 0.15) is 45.2 Å². The van der Waals surface area contributed by atoms with Gasteiger partial charge >= 0.3 is 0 Å². The van der Waals surface area contributed by atoms with Crippen LogP contribution in [0, 0.1) is 5.92 Å². The molecule has 3 rings (SSSR count). The lowest BCUT2D eigenvalue weighted by atomic mass is 9.96. The van der Waals surface area contributed by atoms with Crippen LogP contribution in [0.5, 0.6) is 11.5 Å². The van der Waals surface area contributed by atoms with Gasteiger partial charge in [0, 0.05) is 0 Å². The molecule has 0 saturated heterocycles. The quantitative estimate of drug-likeness (QED) is 0.481. The molecule has 0 heterocycles. The van der Waals surface area contributed by atoms with E-state index < -0.39 is 6.10 Å². The Labute approximate surface area is 179 Å². The van der Waals surface area contributed by atoms with Crippen LogP contribution >= 0.6 is 0 Å². The van der Waals surface area contributed by atoms with Gasteiger partial charge in [0.25, 0.3) is 5.91 Å². The maximum absolute atomic E-state index is 13.1. The molecule has 3 aromatic rings. The Morgan fingerprint density at radius 2 is 1.60 bits per heavy atom. The smallest absolute Gasteiger partial charge is 0.261 e. The summed E-state index contributed by atoms with van der Waals surface area (Å²) in [7, 11) is 1.65. The molecule has 0 saturated carbocycles. The SMILES string of the molecule is CC[C@@H](Oc1ccc2ccccc2c1)C(=O)N[C@H](CC(C)C)c1ccc(OC)cc1. The summed E-state index contributed by atoms with van der Waals surface area (Å²) in [5.41, 5.74) is 1.07. The van der Waals surface area contributed by atoms with Gasteiger partial charge in [-0.25, -0.2) is 0 Å². The molecule has 2 atom stereocenters. The lowest BCUT2D eigenvalue weighted by Crippen LogP contribution is -2.40. The molecule has 0 aliphatic carbocycles. The molecule has 0 aliphatic heterocycles. The first-order valence-electron chi connectivity index (χ1n) is 10.6. The fraction of sp³-hybridized carbons (Fsp3) is 0.346. The van der Waals surface area contributed by atoms with E-state index in [9.17, 15) is 4.79 Å². The normalized spacial score (nSPS) is 13.1. The molecule has 3 aromatic carbocycles. The fourth-order valence-electron chi connectivity index (χ4n) is 3.58. The van der Waals surface area contributed by atoms with E-state index in [4.69, 9.17) is 9.47 Å². The van der Waals surface area contributed by atoms with E-state index in [1.165, 1.54) is 0 Å². The number of rotatable bonds is 9. The maximum atomic E-state index is 13.1. The van der Waals surface area contributed by atoms with Crippen molar-refractivity contribution < 1.29 is 14.3 Å². The molecule has 4 nitrogen and oxygen atoms in total. The second-order valence-corrected chi connectivity index (χ2v) is 7.99. The number of hydrogen-bond acceptors (Lipinski definition) is 3. The van der Waals surface area contributed by atoms with E-state index in [2.05, 4.69) is 25.2 Å². The number of carbonyl (C=O) groups is 1. The molecule has 4 heteroatoms. The first kappa shape index (κ1) is 21.7. The molecule has 0 fully saturated rings. The Morgan fingerprint density at radius 1 is 0.933 bits per heavy atom. The van der Waals surface area contributed by atoms with E-state index in [1.54, 1.807) is 7.11 Å². The number of ether oxygens (including phenoxy) is 2. The first-order chi connectivity index (χ1) is 14.5. The highest BCUT2D eigenvalue weighted by molar-refractivity contribution is 5.84. The molecule has 0 spiro atoms. The van der Waals surface area contributed by atoms with Crippen molar-refractivity contribution in [1.82, 2.24) is 5.32 Å². The minimum absolute atomic E-state index is 0.0716. The maximum Gasteiger partial charge on any atom is 0.261 e.